The van der Waals surface area contributed by atoms with E-state index in [2.05, 4.69) is 20.9 Å². The SMILES string of the molecule is CC(=O)OCC(NC(=O)Cc1ccc(C(=O)Nc2ccc3c(c2)Nc2ncccc2S3)cc1)c1ccccc1. The van der Waals surface area contributed by atoms with Gasteiger partial charge >= 0.3 is 5.97 Å². The van der Waals surface area contributed by atoms with Crippen molar-refractivity contribution in [1.29, 1.82) is 0 Å². The van der Waals surface area contributed by atoms with Gasteiger partial charge in [-0.05, 0) is 53.6 Å². The van der Waals surface area contributed by atoms with E-state index >= 15 is 0 Å². The van der Waals surface area contributed by atoms with Crippen molar-refractivity contribution < 1.29 is 19.1 Å². The molecule has 0 spiro atoms. The number of hydrogen-bond acceptors (Lipinski definition) is 7. The number of carbonyl (C=O) groups excluding carboxylic acids is 3. The Bertz CT molecular complexity index is 1510. The van der Waals surface area contributed by atoms with Crippen LogP contribution in [0.3, 0.4) is 0 Å². The minimum absolute atomic E-state index is 0.0458. The van der Waals surface area contributed by atoms with Crippen LogP contribution in [-0.4, -0.2) is 29.4 Å². The largest absolute Gasteiger partial charge is 0.463 e. The van der Waals surface area contributed by atoms with Gasteiger partial charge in [0.1, 0.15) is 12.4 Å². The number of rotatable bonds is 8. The fourth-order valence-corrected chi connectivity index (χ4v) is 5.06. The van der Waals surface area contributed by atoms with Gasteiger partial charge in [-0.3, -0.25) is 14.4 Å². The van der Waals surface area contributed by atoms with Crippen LogP contribution in [0.2, 0.25) is 0 Å². The molecule has 0 aliphatic carbocycles. The second-order valence-electron chi connectivity index (χ2n) is 8.95. The van der Waals surface area contributed by atoms with E-state index in [-0.39, 0.29) is 24.8 Å². The molecule has 0 saturated heterocycles. The van der Waals surface area contributed by atoms with Crippen molar-refractivity contribution in [2.75, 3.05) is 17.2 Å². The van der Waals surface area contributed by atoms with Crippen molar-refractivity contribution in [3.8, 4) is 0 Å². The lowest BCUT2D eigenvalue weighted by Crippen LogP contribution is -2.33. The third-order valence-corrected chi connectivity index (χ3v) is 7.18. The summed E-state index contributed by atoms with van der Waals surface area (Å²) < 4.78 is 5.14. The molecule has 1 atom stereocenters. The predicted molar refractivity (Wildman–Crippen MR) is 150 cm³/mol. The summed E-state index contributed by atoms with van der Waals surface area (Å²) in [6, 6.07) is 25.4. The molecule has 39 heavy (non-hydrogen) atoms. The average Bonchev–Trinajstić information content (AvgIpc) is 2.95. The van der Waals surface area contributed by atoms with Gasteiger partial charge in [0.25, 0.3) is 5.91 Å². The summed E-state index contributed by atoms with van der Waals surface area (Å²) in [5.74, 6) is -0.0892. The highest BCUT2D eigenvalue weighted by Crippen LogP contribution is 2.43. The van der Waals surface area contributed by atoms with E-state index in [4.69, 9.17) is 4.74 Å². The number of fused-ring (bicyclic) bond motifs is 2. The number of nitrogens with zero attached hydrogens (tertiary/aromatic N) is 1. The van der Waals surface area contributed by atoms with Crippen molar-refractivity contribution in [3.05, 3.63) is 108 Å². The lowest BCUT2D eigenvalue weighted by molar-refractivity contribution is -0.142. The van der Waals surface area contributed by atoms with Gasteiger partial charge in [-0.25, -0.2) is 4.98 Å². The monoisotopic (exact) mass is 538 g/mol. The predicted octanol–water partition coefficient (Wildman–Crippen LogP) is 5.51. The molecule has 1 unspecified atom stereocenters. The van der Waals surface area contributed by atoms with Crippen molar-refractivity contribution in [3.63, 3.8) is 0 Å². The highest BCUT2D eigenvalue weighted by molar-refractivity contribution is 7.99. The van der Waals surface area contributed by atoms with E-state index < -0.39 is 12.0 Å². The Labute approximate surface area is 230 Å². The molecule has 2 amide bonds. The molecule has 1 aromatic heterocycles. The van der Waals surface area contributed by atoms with Crippen LogP contribution in [0.1, 0.15) is 34.5 Å². The fraction of sp³-hybridized carbons (Fsp3) is 0.133. The van der Waals surface area contributed by atoms with Gasteiger partial charge in [0.05, 0.1) is 23.0 Å². The summed E-state index contributed by atoms with van der Waals surface area (Å²) >= 11 is 1.63. The molecule has 5 rings (SSSR count). The van der Waals surface area contributed by atoms with Gasteiger partial charge in [-0.2, -0.15) is 0 Å². The molecular weight excluding hydrogens is 512 g/mol. The standard InChI is InChI=1S/C30H26N4O4S/c1-19(35)38-18-25(21-6-3-2-4-7-21)33-28(36)16-20-9-11-22(12-10-20)30(37)32-23-13-14-26-24(17-23)34-29-27(39-26)8-5-15-31-29/h2-15,17,25H,16,18H2,1H3,(H,31,34)(H,32,37)(H,33,36). The summed E-state index contributed by atoms with van der Waals surface area (Å²) in [4.78, 5) is 43.4. The van der Waals surface area contributed by atoms with E-state index in [1.54, 1.807) is 42.2 Å². The molecule has 4 aromatic rings. The van der Waals surface area contributed by atoms with E-state index in [1.165, 1.54) is 6.92 Å². The number of esters is 1. The molecule has 0 fully saturated rings. The summed E-state index contributed by atoms with van der Waals surface area (Å²) in [5, 5.41) is 9.17. The van der Waals surface area contributed by atoms with Crippen LogP contribution < -0.4 is 16.0 Å². The number of carbonyl (C=O) groups is 3. The van der Waals surface area contributed by atoms with Crippen LogP contribution >= 0.6 is 11.8 Å². The lowest BCUT2D eigenvalue weighted by atomic mass is 10.1. The fourth-order valence-electron chi connectivity index (χ4n) is 4.12. The Morgan fingerprint density at radius 1 is 0.949 bits per heavy atom. The number of benzene rings is 3. The number of pyridine rings is 1. The normalized spacial score (nSPS) is 12.2. The zero-order chi connectivity index (χ0) is 27.2. The zero-order valence-electron chi connectivity index (χ0n) is 21.1. The summed E-state index contributed by atoms with van der Waals surface area (Å²) in [5.41, 5.74) is 3.62. The number of hydrogen-bond donors (Lipinski definition) is 3. The summed E-state index contributed by atoms with van der Waals surface area (Å²) in [6.07, 6.45) is 1.86. The van der Waals surface area contributed by atoms with Crippen LogP contribution in [0.15, 0.2) is 101 Å². The van der Waals surface area contributed by atoms with E-state index in [1.807, 2.05) is 60.7 Å². The maximum absolute atomic E-state index is 12.9. The van der Waals surface area contributed by atoms with Crippen LogP contribution in [0, 0.1) is 0 Å². The van der Waals surface area contributed by atoms with E-state index in [0.717, 1.165) is 32.4 Å². The molecule has 1 aliphatic heterocycles. The maximum Gasteiger partial charge on any atom is 0.302 e. The maximum atomic E-state index is 12.9. The summed E-state index contributed by atoms with van der Waals surface area (Å²) in [7, 11) is 0. The van der Waals surface area contributed by atoms with Crippen molar-refractivity contribution in [2.45, 2.75) is 29.2 Å². The van der Waals surface area contributed by atoms with Crippen LogP contribution in [0.4, 0.5) is 17.2 Å². The van der Waals surface area contributed by atoms with Crippen LogP contribution in [0.5, 0.6) is 0 Å². The van der Waals surface area contributed by atoms with Crippen molar-refractivity contribution in [2.24, 2.45) is 0 Å². The lowest BCUT2D eigenvalue weighted by Gasteiger charge is -2.20. The molecule has 196 valence electrons. The van der Waals surface area contributed by atoms with E-state index in [0.29, 0.717) is 11.3 Å². The molecule has 1 aliphatic rings. The topological polar surface area (TPSA) is 109 Å². The molecule has 9 heteroatoms. The smallest absolute Gasteiger partial charge is 0.302 e. The second kappa shape index (κ2) is 11.8. The molecule has 3 N–H and O–H groups in total. The second-order valence-corrected chi connectivity index (χ2v) is 10.0. The van der Waals surface area contributed by atoms with Crippen LogP contribution in [-0.2, 0) is 20.7 Å². The van der Waals surface area contributed by atoms with Crippen molar-refractivity contribution >= 4 is 46.7 Å². The molecule has 3 aromatic carbocycles. The molecule has 2 heterocycles. The Hall–Kier alpha value is -4.63. The Kier molecular flexibility index (Phi) is 7.88. The third-order valence-electron chi connectivity index (χ3n) is 6.05. The third kappa shape index (κ3) is 6.63. The van der Waals surface area contributed by atoms with Gasteiger partial charge in [-0.1, -0.05) is 54.2 Å². The quantitative estimate of drug-likeness (QED) is 0.224. The number of aromatic nitrogens is 1. The molecule has 0 bridgehead atoms. The first-order chi connectivity index (χ1) is 18.9. The highest BCUT2D eigenvalue weighted by Gasteiger charge is 2.18. The van der Waals surface area contributed by atoms with Gasteiger partial charge in [0.15, 0.2) is 0 Å². The van der Waals surface area contributed by atoms with E-state index in [9.17, 15) is 14.4 Å². The minimum Gasteiger partial charge on any atom is -0.463 e. The molecule has 0 radical (unpaired) electrons. The molecule has 8 nitrogen and oxygen atoms in total. The van der Waals surface area contributed by atoms with Crippen molar-refractivity contribution in [1.82, 2.24) is 10.3 Å². The van der Waals surface area contributed by atoms with Gasteiger partial charge in [0, 0.05) is 29.3 Å². The first kappa shape index (κ1) is 26.0. The highest BCUT2D eigenvalue weighted by atomic mass is 32.2. The Morgan fingerprint density at radius 3 is 2.51 bits per heavy atom. The Balaban J connectivity index is 1.19. The Morgan fingerprint density at radius 2 is 1.74 bits per heavy atom. The minimum atomic E-state index is -0.457. The van der Waals surface area contributed by atoms with Crippen LogP contribution in [0.25, 0.3) is 0 Å². The first-order valence-corrected chi connectivity index (χ1v) is 13.2. The van der Waals surface area contributed by atoms with Gasteiger partial charge < -0.3 is 20.7 Å². The van der Waals surface area contributed by atoms with Gasteiger partial charge in [-0.15, -0.1) is 0 Å². The van der Waals surface area contributed by atoms with Gasteiger partial charge in [0.2, 0.25) is 5.91 Å². The first-order valence-electron chi connectivity index (χ1n) is 12.4. The zero-order valence-corrected chi connectivity index (χ0v) is 22.0. The number of amides is 2. The number of nitrogens with one attached hydrogen (secondary N) is 3. The average molecular weight is 539 g/mol. The summed E-state index contributed by atoms with van der Waals surface area (Å²) in [6.45, 7) is 1.38. The molecular formula is C30H26N4O4S. The number of anilines is 3. The number of ether oxygens (including phenoxy) is 1. The molecule has 0 saturated carbocycles.